The Morgan fingerprint density at radius 3 is 2.64 bits per heavy atom. The molecule has 5 heteroatoms. The number of amides is 1. The molecule has 14 heavy (non-hydrogen) atoms. The summed E-state index contributed by atoms with van der Waals surface area (Å²) in [5.41, 5.74) is 6.81. The molecule has 2 aromatic rings. The van der Waals surface area contributed by atoms with Crippen LogP contribution in [0.2, 0.25) is 0 Å². The van der Waals surface area contributed by atoms with Gasteiger partial charge in [-0.1, -0.05) is 6.07 Å². The summed E-state index contributed by atoms with van der Waals surface area (Å²) in [6.07, 6.45) is 3.11. The third-order valence-electron chi connectivity index (χ3n) is 1.76. The Balaban J connectivity index is 0.000000980. The molecular formula is C9H8ClN3O. The Bertz CT molecular complexity index is 467. The maximum atomic E-state index is 11.0. The fraction of sp³-hybridized carbons (Fsp3) is 0. The maximum absolute atomic E-state index is 11.0. The van der Waals surface area contributed by atoms with Gasteiger partial charge in [-0.25, -0.2) is 0 Å². The van der Waals surface area contributed by atoms with Crippen molar-refractivity contribution in [1.29, 1.82) is 0 Å². The molecule has 0 atom stereocenters. The number of carbonyl (C=O) groups excluding carboxylic acids is 1. The van der Waals surface area contributed by atoms with Crippen LogP contribution in [0.15, 0.2) is 30.6 Å². The molecule has 0 saturated heterocycles. The van der Waals surface area contributed by atoms with Gasteiger partial charge < -0.3 is 5.73 Å². The second-order valence-electron chi connectivity index (χ2n) is 2.59. The van der Waals surface area contributed by atoms with Gasteiger partial charge in [0.15, 0.2) is 0 Å². The van der Waals surface area contributed by atoms with Crippen LogP contribution in [-0.4, -0.2) is 15.9 Å². The number of nitrogens with two attached hydrogens (primary N) is 1. The minimum Gasteiger partial charge on any atom is -0.366 e. The third-order valence-corrected chi connectivity index (χ3v) is 1.76. The predicted octanol–water partition coefficient (Wildman–Crippen LogP) is 1.15. The highest BCUT2D eigenvalue weighted by Crippen LogP contribution is 2.12. The summed E-state index contributed by atoms with van der Waals surface area (Å²) < 4.78 is 0. The van der Waals surface area contributed by atoms with Crippen molar-refractivity contribution in [3.05, 3.63) is 36.2 Å². The van der Waals surface area contributed by atoms with E-state index in [1.165, 1.54) is 6.20 Å². The first-order valence-corrected chi connectivity index (χ1v) is 3.78. The first-order valence-electron chi connectivity index (χ1n) is 3.78. The van der Waals surface area contributed by atoms with Gasteiger partial charge in [-0.15, -0.1) is 12.4 Å². The second kappa shape index (κ2) is 4.02. The molecule has 2 N–H and O–H groups in total. The van der Waals surface area contributed by atoms with E-state index in [9.17, 15) is 4.79 Å². The Morgan fingerprint density at radius 1 is 1.21 bits per heavy atom. The third kappa shape index (κ3) is 1.65. The maximum Gasteiger partial charge on any atom is 0.250 e. The largest absolute Gasteiger partial charge is 0.366 e. The molecule has 0 saturated carbocycles. The van der Waals surface area contributed by atoms with E-state index in [2.05, 4.69) is 9.97 Å². The summed E-state index contributed by atoms with van der Waals surface area (Å²) in [5, 5.41) is 0. The van der Waals surface area contributed by atoms with Gasteiger partial charge in [0.1, 0.15) is 5.52 Å². The summed E-state index contributed by atoms with van der Waals surface area (Å²) >= 11 is 0. The molecule has 0 radical (unpaired) electrons. The van der Waals surface area contributed by atoms with E-state index in [0.717, 1.165) is 0 Å². The summed E-state index contributed by atoms with van der Waals surface area (Å²) in [6, 6.07) is 5.16. The number of primary amides is 1. The molecule has 0 aliphatic rings. The summed E-state index contributed by atoms with van der Waals surface area (Å²) in [5.74, 6) is -0.480. The topological polar surface area (TPSA) is 68.9 Å². The molecule has 1 aromatic heterocycles. The molecule has 0 aliphatic heterocycles. The van der Waals surface area contributed by atoms with E-state index in [4.69, 9.17) is 5.73 Å². The summed E-state index contributed by atoms with van der Waals surface area (Å²) in [4.78, 5) is 19.1. The SMILES string of the molecule is Cl.NC(=O)c1cccc2nccnc12. The van der Waals surface area contributed by atoms with Crippen LogP contribution in [-0.2, 0) is 0 Å². The monoisotopic (exact) mass is 209 g/mol. The van der Waals surface area contributed by atoms with Crippen molar-refractivity contribution in [2.75, 3.05) is 0 Å². The van der Waals surface area contributed by atoms with E-state index in [0.29, 0.717) is 16.6 Å². The van der Waals surface area contributed by atoms with Crippen molar-refractivity contribution >= 4 is 29.3 Å². The molecule has 1 amide bonds. The van der Waals surface area contributed by atoms with Crippen LogP contribution in [0.3, 0.4) is 0 Å². The second-order valence-corrected chi connectivity index (χ2v) is 2.59. The highest BCUT2D eigenvalue weighted by atomic mass is 35.5. The molecular weight excluding hydrogens is 202 g/mol. The van der Waals surface area contributed by atoms with Gasteiger partial charge in [-0.3, -0.25) is 14.8 Å². The van der Waals surface area contributed by atoms with Crippen LogP contribution in [0, 0.1) is 0 Å². The van der Waals surface area contributed by atoms with Gasteiger partial charge in [0.05, 0.1) is 11.1 Å². The van der Waals surface area contributed by atoms with Crippen molar-refractivity contribution < 1.29 is 4.79 Å². The van der Waals surface area contributed by atoms with Crippen LogP contribution in [0.5, 0.6) is 0 Å². The highest BCUT2D eigenvalue weighted by Gasteiger charge is 2.06. The lowest BCUT2D eigenvalue weighted by atomic mass is 10.1. The number of aromatic nitrogens is 2. The first-order chi connectivity index (χ1) is 6.29. The Morgan fingerprint density at radius 2 is 1.93 bits per heavy atom. The lowest BCUT2D eigenvalue weighted by Gasteiger charge is -1.99. The zero-order chi connectivity index (χ0) is 9.26. The number of halogens is 1. The zero-order valence-electron chi connectivity index (χ0n) is 7.18. The van der Waals surface area contributed by atoms with Crippen LogP contribution in [0.25, 0.3) is 11.0 Å². The molecule has 0 bridgehead atoms. The lowest BCUT2D eigenvalue weighted by molar-refractivity contribution is 0.100. The number of hydrogen-bond donors (Lipinski definition) is 1. The lowest BCUT2D eigenvalue weighted by Crippen LogP contribution is -2.11. The van der Waals surface area contributed by atoms with Crippen molar-refractivity contribution in [3.63, 3.8) is 0 Å². The van der Waals surface area contributed by atoms with Gasteiger partial charge in [0, 0.05) is 12.4 Å². The number of para-hydroxylation sites is 1. The van der Waals surface area contributed by atoms with Crippen molar-refractivity contribution in [2.45, 2.75) is 0 Å². The van der Waals surface area contributed by atoms with E-state index >= 15 is 0 Å². The summed E-state index contributed by atoms with van der Waals surface area (Å²) in [6.45, 7) is 0. The van der Waals surface area contributed by atoms with Crippen molar-refractivity contribution in [2.24, 2.45) is 5.73 Å². The minimum absolute atomic E-state index is 0. The van der Waals surface area contributed by atoms with Gasteiger partial charge in [-0.2, -0.15) is 0 Å². The standard InChI is InChI=1S/C9H7N3O.ClH/c10-9(13)6-2-1-3-7-8(6)12-5-4-11-7;/h1-5H,(H2,10,13);1H. The van der Waals surface area contributed by atoms with Crippen molar-refractivity contribution in [1.82, 2.24) is 9.97 Å². The minimum atomic E-state index is -0.480. The van der Waals surface area contributed by atoms with Crippen LogP contribution in [0.4, 0.5) is 0 Å². The molecule has 0 spiro atoms. The van der Waals surface area contributed by atoms with E-state index < -0.39 is 5.91 Å². The molecule has 0 aliphatic carbocycles. The Labute approximate surface area is 86.6 Å². The number of hydrogen-bond acceptors (Lipinski definition) is 3. The van der Waals surface area contributed by atoms with E-state index in [-0.39, 0.29) is 12.4 Å². The van der Waals surface area contributed by atoms with Gasteiger partial charge in [-0.05, 0) is 12.1 Å². The fourth-order valence-corrected chi connectivity index (χ4v) is 1.19. The smallest absolute Gasteiger partial charge is 0.250 e. The van der Waals surface area contributed by atoms with Gasteiger partial charge in [0.2, 0.25) is 0 Å². The molecule has 4 nitrogen and oxygen atoms in total. The predicted molar refractivity (Wildman–Crippen MR) is 55.3 cm³/mol. The Hall–Kier alpha value is -1.68. The molecule has 1 aromatic carbocycles. The average molecular weight is 210 g/mol. The number of rotatable bonds is 1. The number of carbonyl (C=O) groups is 1. The molecule has 1 heterocycles. The summed E-state index contributed by atoms with van der Waals surface area (Å²) in [7, 11) is 0. The zero-order valence-corrected chi connectivity index (χ0v) is 7.99. The van der Waals surface area contributed by atoms with Crippen LogP contribution >= 0.6 is 12.4 Å². The van der Waals surface area contributed by atoms with Crippen LogP contribution in [0.1, 0.15) is 10.4 Å². The Kier molecular flexibility index (Phi) is 2.99. The van der Waals surface area contributed by atoms with Crippen molar-refractivity contribution in [3.8, 4) is 0 Å². The van der Waals surface area contributed by atoms with E-state index in [1.807, 2.05) is 0 Å². The molecule has 2 rings (SSSR count). The fourth-order valence-electron chi connectivity index (χ4n) is 1.19. The van der Waals surface area contributed by atoms with Crippen LogP contribution < -0.4 is 5.73 Å². The average Bonchev–Trinajstić information content (AvgIpc) is 2.17. The molecule has 0 unspecified atom stereocenters. The molecule has 72 valence electrons. The number of fused-ring (bicyclic) bond motifs is 1. The quantitative estimate of drug-likeness (QED) is 0.766. The molecule has 0 fully saturated rings. The highest BCUT2D eigenvalue weighted by molar-refractivity contribution is 6.03. The normalized spacial score (nSPS) is 9.43. The van der Waals surface area contributed by atoms with E-state index in [1.54, 1.807) is 24.4 Å². The van der Waals surface area contributed by atoms with Gasteiger partial charge in [0.25, 0.3) is 5.91 Å². The number of benzene rings is 1. The van der Waals surface area contributed by atoms with Gasteiger partial charge >= 0.3 is 0 Å². The number of nitrogens with zero attached hydrogens (tertiary/aromatic N) is 2. The first kappa shape index (κ1) is 10.4.